The maximum Gasteiger partial charge on any atom is 0.241 e. The maximum atomic E-state index is 12.2. The van der Waals surface area contributed by atoms with Gasteiger partial charge in [0.2, 0.25) is 10.0 Å². The second-order valence-electron chi connectivity index (χ2n) is 4.91. The Morgan fingerprint density at radius 1 is 1.45 bits per heavy atom. The molecule has 1 aromatic rings. The molecule has 2 rings (SSSR count). The van der Waals surface area contributed by atoms with Crippen molar-refractivity contribution < 1.29 is 8.42 Å². The smallest absolute Gasteiger partial charge is 0.241 e. The molecule has 4 nitrogen and oxygen atoms in total. The number of hydrogen-bond acceptors (Lipinski definition) is 3. The third-order valence-electron chi connectivity index (χ3n) is 3.32. The van der Waals surface area contributed by atoms with E-state index in [0.29, 0.717) is 22.0 Å². The molecule has 20 heavy (non-hydrogen) atoms. The van der Waals surface area contributed by atoms with Gasteiger partial charge in [0.15, 0.2) is 0 Å². The van der Waals surface area contributed by atoms with Crippen LogP contribution < -0.4 is 10.0 Å². The van der Waals surface area contributed by atoms with Crippen LogP contribution in [-0.4, -0.2) is 27.5 Å². The van der Waals surface area contributed by atoms with Crippen molar-refractivity contribution in [1.82, 2.24) is 10.0 Å². The predicted molar refractivity (Wildman–Crippen MR) is 87.0 cm³/mol. The molecule has 0 unspecified atom stereocenters. The fourth-order valence-electron chi connectivity index (χ4n) is 2.27. The summed E-state index contributed by atoms with van der Waals surface area (Å²) in [6, 6.07) is 5.70. The maximum absolute atomic E-state index is 12.2. The Hall–Kier alpha value is -0.140. The lowest BCUT2D eigenvalue weighted by molar-refractivity contribution is 0.539. The fraction of sp³-hybridized carbons (Fsp3) is 0.538. The van der Waals surface area contributed by atoms with Crippen LogP contribution in [0, 0.1) is 6.92 Å². The van der Waals surface area contributed by atoms with E-state index >= 15 is 0 Å². The van der Waals surface area contributed by atoms with Crippen molar-refractivity contribution in [3.8, 4) is 0 Å². The first-order valence-electron chi connectivity index (χ1n) is 6.48. The second kappa shape index (κ2) is 7.75. The van der Waals surface area contributed by atoms with E-state index in [9.17, 15) is 8.42 Å². The Balaban J connectivity index is 0.00000200. The monoisotopic (exact) mass is 382 g/mol. The molecule has 1 heterocycles. The van der Waals surface area contributed by atoms with Gasteiger partial charge in [-0.05, 0) is 66.4 Å². The lowest BCUT2D eigenvalue weighted by atomic mass is 10.2. The molecule has 0 spiro atoms. The molecule has 1 aliphatic heterocycles. The molecule has 1 saturated heterocycles. The van der Waals surface area contributed by atoms with Gasteiger partial charge in [0.1, 0.15) is 0 Å². The summed E-state index contributed by atoms with van der Waals surface area (Å²) in [7, 11) is -3.42. The van der Waals surface area contributed by atoms with Crippen LogP contribution in [0.15, 0.2) is 27.6 Å². The zero-order chi connectivity index (χ0) is 13.9. The largest absolute Gasteiger partial charge is 0.314 e. The van der Waals surface area contributed by atoms with Crippen molar-refractivity contribution in [2.45, 2.75) is 37.1 Å². The SMILES string of the molecule is Cc1ccc(S(=O)(=O)NCC[C@H]2CCCN2)c(Br)c1.Cl. The average molecular weight is 384 g/mol. The molecule has 0 amide bonds. The Kier molecular flexibility index (Phi) is 6.94. The number of hydrogen-bond donors (Lipinski definition) is 2. The predicted octanol–water partition coefficient (Wildman–Crippen LogP) is 2.60. The van der Waals surface area contributed by atoms with E-state index in [1.165, 1.54) is 6.42 Å². The summed E-state index contributed by atoms with van der Waals surface area (Å²) >= 11 is 3.31. The van der Waals surface area contributed by atoms with Gasteiger partial charge in [-0.2, -0.15) is 0 Å². The Morgan fingerprint density at radius 3 is 2.80 bits per heavy atom. The van der Waals surface area contributed by atoms with Gasteiger partial charge in [0.25, 0.3) is 0 Å². The second-order valence-corrected chi connectivity index (χ2v) is 7.50. The van der Waals surface area contributed by atoms with Gasteiger partial charge in [0.05, 0.1) is 4.90 Å². The van der Waals surface area contributed by atoms with Crippen LogP contribution in [0.25, 0.3) is 0 Å². The minimum Gasteiger partial charge on any atom is -0.314 e. The lowest BCUT2D eigenvalue weighted by Gasteiger charge is -2.12. The molecule has 1 aromatic carbocycles. The molecule has 0 bridgehead atoms. The molecule has 114 valence electrons. The summed E-state index contributed by atoms with van der Waals surface area (Å²) in [4.78, 5) is 0.303. The van der Waals surface area contributed by atoms with Gasteiger partial charge in [-0.25, -0.2) is 13.1 Å². The highest BCUT2D eigenvalue weighted by Crippen LogP contribution is 2.22. The molecule has 1 aliphatic rings. The molecule has 1 fully saturated rings. The van der Waals surface area contributed by atoms with Crippen LogP contribution in [-0.2, 0) is 10.0 Å². The van der Waals surface area contributed by atoms with Crippen LogP contribution in [0.4, 0.5) is 0 Å². The lowest BCUT2D eigenvalue weighted by Crippen LogP contribution is -2.30. The first-order valence-corrected chi connectivity index (χ1v) is 8.76. The standard InChI is InChI=1S/C13H19BrN2O2S.ClH/c1-10-4-5-13(12(14)9-10)19(17,18)16-8-6-11-3-2-7-15-11;/h4-5,9,11,15-16H,2-3,6-8H2,1H3;1H/t11-;/m1./s1. The van der Waals surface area contributed by atoms with Crippen molar-refractivity contribution in [2.75, 3.05) is 13.1 Å². The molecular formula is C13H20BrClN2O2S. The zero-order valence-corrected chi connectivity index (χ0v) is 14.6. The Bertz CT molecular complexity index is 545. The third kappa shape index (κ3) is 4.70. The third-order valence-corrected chi connectivity index (χ3v) is 5.76. The van der Waals surface area contributed by atoms with Crippen LogP contribution in [0.2, 0.25) is 0 Å². The Labute approximate surface area is 135 Å². The van der Waals surface area contributed by atoms with Crippen LogP contribution in [0.3, 0.4) is 0 Å². The summed E-state index contributed by atoms with van der Waals surface area (Å²) in [5.41, 5.74) is 1.03. The van der Waals surface area contributed by atoms with E-state index in [-0.39, 0.29) is 12.4 Å². The van der Waals surface area contributed by atoms with E-state index in [1.807, 2.05) is 13.0 Å². The van der Waals surface area contributed by atoms with Gasteiger partial charge in [0, 0.05) is 17.1 Å². The van der Waals surface area contributed by atoms with E-state index in [0.717, 1.165) is 24.9 Å². The molecule has 0 aromatic heterocycles. The van der Waals surface area contributed by atoms with Crippen molar-refractivity contribution in [3.63, 3.8) is 0 Å². The highest BCUT2D eigenvalue weighted by atomic mass is 79.9. The molecule has 0 aliphatic carbocycles. The number of rotatable bonds is 5. The number of halogens is 2. The average Bonchev–Trinajstić information content (AvgIpc) is 2.81. The molecule has 2 N–H and O–H groups in total. The van der Waals surface area contributed by atoms with E-state index in [1.54, 1.807) is 12.1 Å². The van der Waals surface area contributed by atoms with Crippen molar-refractivity contribution in [1.29, 1.82) is 0 Å². The topological polar surface area (TPSA) is 58.2 Å². The van der Waals surface area contributed by atoms with E-state index in [2.05, 4.69) is 26.0 Å². The first-order chi connectivity index (χ1) is 8.99. The van der Waals surface area contributed by atoms with Gasteiger partial charge in [-0.15, -0.1) is 12.4 Å². The number of nitrogens with one attached hydrogen (secondary N) is 2. The minimum atomic E-state index is -3.42. The van der Waals surface area contributed by atoms with Gasteiger partial charge < -0.3 is 5.32 Å². The molecule has 0 saturated carbocycles. The van der Waals surface area contributed by atoms with Gasteiger partial charge in [-0.1, -0.05) is 6.07 Å². The van der Waals surface area contributed by atoms with Crippen molar-refractivity contribution >= 4 is 38.4 Å². The summed E-state index contributed by atoms with van der Waals surface area (Å²) < 4.78 is 27.6. The number of aryl methyl sites for hydroxylation is 1. The quantitative estimate of drug-likeness (QED) is 0.821. The van der Waals surface area contributed by atoms with Crippen molar-refractivity contribution in [2.24, 2.45) is 0 Å². The van der Waals surface area contributed by atoms with Crippen LogP contribution in [0.1, 0.15) is 24.8 Å². The van der Waals surface area contributed by atoms with Crippen LogP contribution in [0.5, 0.6) is 0 Å². The van der Waals surface area contributed by atoms with Crippen LogP contribution >= 0.6 is 28.3 Å². The summed E-state index contributed by atoms with van der Waals surface area (Å²) in [6.07, 6.45) is 3.15. The molecular weight excluding hydrogens is 364 g/mol. The highest BCUT2D eigenvalue weighted by molar-refractivity contribution is 9.10. The van der Waals surface area contributed by atoms with Gasteiger partial charge in [-0.3, -0.25) is 0 Å². The van der Waals surface area contributed by atoms with Crippen molar-refractivity contribution in [3.05, 3.63) is 28.2 Å². The first kappa shape index (κ1) is 17.9. The number of benzene rings is 1. The normalized spacial score (nSPS) is 18.8. The fourth-order valence-corrected chi connectivity index (χ4v) is 4.51. The summed E-state index contributed by atoms with van der Waals surface area (Å²) in [5.74, 6) is 0. The van der Waals surface area contributed by atoms with E-state index in [4.69, 9.17) is 0 Å². The minimum absolute atomic E-state index is 0. The van der Waals surface area contributed by atoms with Gasteiger partial charge >= 0.3 is 0 Å². The number of sulfonamides is 1. The van der Waals surface area contributed by atoms with E-state index < -0.39 is 10.0 Å². The molecule has 0 radical (unpaired) electrons. The molecule has 1 atom stereocenters. The highest BCUT2D eigenvalue weighted by Gasteiger charge is 2.19. The summed E-state index contributed by atoms with van der Waals surface area (Å²) in [5, 5.41) is 3.36. The Morgan fingerprint density at radius 2 is 2.20 bits per heavy atom. The summed E-state index contributed by atoms with van der Waals surface area (Å²) in [6.45, 7) is 3.45. The molecule has 7 heteroatoms. The zero-order valence-electron chi connectivity index (χ0n) is 11.4.